The van der Waals surface area contributed by atoms with E-state index in [1.165, 1.54) is 19.3 Å². The molecule has 0 spiro atoms. The molecule has 0 bridgehead atoms. The van der Waals surface area contributed by atoms with Gasteiger partial charge in [-0.3, -0.25) is 0 Å². The Hall–Kier alpha value is -0.0800. The topological polar surface area (TPSA) is 32.8 Å². The van der Waals surface area contributed by atoms with Crippen molar-refractivity contribution < 1.29 is 9.84 Å². The van der Waals surface area contributed by atoms with Gasteiger partial charge >= 0.3 is 0 Å². The van der Waals surface area contributed by atoms with Crippen LogP contribution in [0.5, 0.6) is 0 Å². The van der Waals surface area contributed by atoms with Crippen molar-refractivity contribution >= 4 is 0 Å². The first-order valence-electron chi connectivity index (χ1n) is 4.93. The molecule has 1 aliphatic rings. The van der Waals surface area contributed by atoms with Gasteiger partial charge in [-0.1, -0.05) is 26.2 Å². The molecule has 1 fully saturated rings. The molecule has 0 unspecified atom stereocenters. The highest BCUT2D eigenvalue weighted by molar-refractivity contribution is 4.95. The summed E-state index contributed by atoms with van der Waals surface area (Å²) in [6.45, 7) is 5.83. The molecular weight excluding hydrogens is 152 g/mol. The molecule has 2 heteroatoms. The molecule has 0 amide bonds. The molecule has 1 saturated heterocycles. The number of hydrogen-bond donors (Lipinski definition) is 1. The van der Waals surface area contributed by atoms with Gasteiger partial charge < -0.3 is 9.84 Å². The van der Waals surface area contributed by atoms with Crippen molar-refractivity contribution in [3.8, 4) is 0 Å². The van der Waals surface area contributed by atoms with Gasteiger partial charge in [0.2, 0.25) is 0 Å². The van der Waals surface area contributed by atoms with E-state index in [1.54, 1.807) is 0 Å². The second-order valence-corrected chi connectivity index (χ2v) is 4.24. The first kappa shape index (κ1) is 10.0. The van der Waals surface area contributed by atoms with Gasteiger partial charge in [0.05, 0.1) is 11.7 Å². The van der Waals surface area contributed by atoms with E-state index in [0.717, 1.165) is 6.42 Å². The molecule has 0 aliphatic carbocycles. The summed E-state index contributed by atoms with van der Waals surface area (Å²) in [6.07, 6.45) is 5.29. The van der Waals surface area contributed by atoms with E-state index in [4.69, 9.17) is 4.74 Å². The summed E-state index contributed by atoms with van der Waals surface area (Å²) in [4.78, 5) is 0. The summed E-state index contributed by atoms with van der Waals surface area (Å²) in [5.41, 5.74) is -0.642. The van der Waals surface area contributed by atoms with Crippen LogP contribution >= 0.6 is 0 Å². The van der Waals surface area contributed by atoms with E-state index in [1.807, 2.05) is 13.8 Å². The van der Waals surface area contributed by atoms with Crippen LogP contribution < -0.4 is 0 Å². The number of aliphatic hydroxyl groups is 1. The highest BCUT2D eigenvalue weighted by Crippen LogP contribution is 2.35. The molecule has 1 aliphatic heterocycles. The molecular formula is C10H20O2. The summed E-state index contributed by atoms with van der Waals surface area (Å²) in [5.74, 6) is 0. The van der Waals surface area contributed by atoms with Crippen LogP contribution in [0, 0.1) is 0 Å². The maximum atomic E-state index is 9.56. The molecule has 12 heavy (non-hydrogen) atoms. The summed E-state index contributed by atoms with van der Waals surface area (Å²) in [6, 6.07) is 0. The Morgan fingerprint density at radius 3 is 2.42 bits per heavy atom. The lowest BCUT2D eigenvalue weighted by Crippen LogP contribution is -2.28. The summed E-state index contributed by atoms with van der Waals surface area (Å²) >= 11 is 0. The third kappa shape index (κ3) is 2.76. The summed E-state index contributed by atoms with van der Waals surface area (Å²) in [7, 11) is 0. The van der Waals surface area contributed by atoms with E-state index in [9.17, 15) is 5.11 Å². The first-order valence-corrected chi connectivity index (χ1v) is 4.93. The number of ether oxygens (including phenoxy) is 1. The molecule has 72 valence electrons. The minimum atomic E-state index is -0.642. The molecule has 1 heterocycles. The van der Waals surface area contributed by atoms with Gasteiger partial charge in [-0.15, -0.1) is 0 Å². The van der Waals surface area contributed by atoms with E-state index in [0.29, 0.717) is 6.10 Å². The van der Waals surface area contributed by atoms with Crippen LogP contribution in [-0.4, -0.2) is 22.9 Å². The lowest BCUT2D eigenvalue weighted by Gasteiger charge is -2.12. The van der Waals surface area contributed by atoms with E-state index >= 15 is 0 Å². The second-order valence-electron chi connectivity index (χ2n) is 4.24. The van der Waals surface area contributed by atoms with Crippen molar-refractivity contribution in [3.63, 3.8) is 0 Å². The fourth-order valence-corrected chi connectivity index (χ4v) is 1.58. The minimum Gasteiger partial charge on any atom is -0.388 e. The highest BCUT2D eigenvalue weighted by Gasteiger charge is 2.47. The molecule has 1 rings (SSSR count). The van der Waals surface area contributed by atoms with Crippen molar-refractivity contribution in [2.75, 3.05) is 0 Å². The SMILES string of the molecule is CCCCC[C@@H]1O[C@H]1C(C)(C)O. The lowest BCUT2D eigenvalue weighted by molar-refractivity contribution is 0.0482. The van der Waals surface area contributed by atoms with Crippen LogP contribution in [0.3, 0.4) is 0 Å². The monoisotopic (exact) mass is 172 g/mol. The lowest BCUT2D eigenvalue weighted by atomic mass is 10.00. The number of epoxide rings is 1. The van der Waals surface area contributed by atoms with Crippen molar-refractivity contribution in [1.29, 1.82) is 0 Å². The highest BCUT2D eigenvalue weighted by atomic mass is 16.6. The van der Waals surface area contributed by atoms with Crippen molar-refractivity contribution in [3.05, 3.63) is 0 Å². The largest absolute Gasteiger partial charge is 0.388 e. The Balaban J connectivity index is 2.08. The van der Waals surface area contributed by atoms with Crippen LogP contribution in [-0.2, 0) is 4.74 Å². The Morgan fingerprint density at radius 2 is 2.00 bits per heavy atom. The Labute approximate surface area is 74.9 Å². The zero-order chi connectivity index (χ0) is 9.19. The van der Waals surface area contributed by atoms with Crippen LogP contribution in [0.25, 0.3) is 0 Å². The predicted molar refractivity (Wildman–Crippen MR) is 49.1 cm³/mol. The van der Waals surface area contributed by atoms with Crippen LogP contribution in [0.1, 0.15) is 46.5 Å². The fourth-order valence-electron chi connectivity index (χ4n) is 1.58. The molecule has 2 nitrogen and oxygen atoms in total. The van der Waals surface area contributed by atoms with E-state index in [-0.39, 0.29) is 6.10 Å². The Kier molecular flexibility index (Phi) is 3.13. The van der Waals surface area contributed by atoms with Gasteiger partial charge in [-0.25, -0.2) is 0 Å². The maximum Gasteiger partial charge on any atom is 0.112 e. The Morgan fingerprint density at radius 1 is 1.33 bits per heavy atom. The average molecular weight is 172 g/mol. The number of hydrogen-bond acceptors (Lipinski definition) is 2. The predicted octanol–water partition coefficient (Wildman–Crippen LogP) is 2.11. The van der Waals surface area contributed by atoms with Crippen LogP contribution in [0.4, 0.5) is 0 Å². The van der Waals surface area contributed by atoms with Crippen molar-refractivity contribution in [2.45, 2.75) is 64.3 Å². The van der Waals surface area contributed by atoms with Crippen LogP contribution in [0.2, 0.25) is 0 Å². The second kappa shape index (κ2) is 3.75. The third-order valence-corrected chi connectivity index (χ3v) is 2.37. The van der Waals surface area contributed by atoms with Gasteiger partial charge in [0.1, 0.15) is 6.10 Å². The average Bonchev–Trinajstić information content (AvgIpc) is 2.66. The molecule has 0 radical (unpaired) electrons. The normalized spacial score (nSPS) is 29.0. The van der Waals surface area contributed by atoms with Crippen molar-refractivity contribution in [1.82, 2.24) is 0 Å². The number of rotatable bonds is 5. The molecule has 0 aromatic carbocycles. The first-order chi connectivity index (χ1) is 5.55. The number of unbranched alkanes of at least 4 members (excludes halogenated alkanes) is 2. The van der Waals surface area contributed by atoms with Gasteiger partial charge in [-0.2, -0.15) is 0 Å². The molecule has 0 saturated carbocycles. The van der Waals surface area contributed by atoms with Crippen LogP contribution in [0.15, 0.2) is 0 Å². The van der Waals surface area contributed by atoms with Gasteiger partial charge in [-0.05, 0) is 20.3 Å². The molecule has 0 aromatic rings. The fraction of sp³-hybridized carbons (Fsp3) is 1.00. The van der Waals surface area contributed by atoms with Gasteiger partial charge in [0, 0.05) is 0 Å². The Bertz CT molecular complexity index is 137. The standard InChI is InChI=1S/C10H20O2/c1-4-5-6-7-8-9(12-8)10(2,3)11/h8-9,11H,4-7H2,1-3H3/t8-,9+/m0/s1. The van der Waals surface area contributed by atoms with Gasteiger partial charge in [0.25, 0.3) is 0 Å². The summed E-state index contributed by atoms with van der Waals surface area (Å²) in [5, 5.41) is 9.56. The summed E-state index contributed by atoms with van der Waals surface area (Å²) < 4.78 is 5.38. The smallest absolute Gasteiger partial charge is 0.112 e. The maximum absolute atomic E-state index is 9.56. The quantitative estimate of drug-likeness (QED) is 0.509. The zero-order valence-electron chi connectivity index (χ0n) is 8.34. The van der Waals surface area contributed by atoms with Crippen molar-refractivity contribution in [2.24, 2.45) is 0 Å². The molecule has 1 N–H and O–H groups in total. The molecule has 2 atom stereocenters. The zero-order valence-corrected chi connectivity index (χ0v) is 8.34. The third-order valence-electron chi connectivity index (χ3n) is 2.37. The van der Waals surface area contributed by atoms with E-state index < -0.39 is 5.60 Å². The van der Waals surface area contributed by atoms with E-state index in [2.05, 4.69) is 6.92 Å². The molecule has 0 aromatic heterocycles. The van der Waals surface area contributed by atoms with Gasteiger partial charge in [0.15, 0.2) is 0 Å². The minimum absolute atomic E-state index is 0.0920.